The average Bonchev–Trinajstić information content (AvgIpc) is 2.77. The Morgan fingerprint density at radius 1 is 1.29 bits per heavy atom. The highest BCUT2D eigenvalue weighted by Crippen LogP contribution is 2.37. The summed E-state index contributed by atoms with van der Waals surface area (Å²) >= 11 is 0. The van der Waals surface area contributed by atoms with Crippen LogP contribution in [0.15, 0.2) is 27.4 Å². The van der Waals surface area contributed by atoms with Crippen LogP contribution in [0.25, 0.3) is 11.1 Å². The molecule has 1 aromatic carbocycles. The van der Waals surface area contributed by atoms with E-state index in [1.54, 1.807) is 11.6 Å². The SMILES string of the molecule is CNC(c1ccc2c(c1)oc(=O)n2C)C1CCC(C)CC1. The highest BCUT2D eigenvalue weighted by molar-refractivity contribution is 5.73. The molecule has 0 spiro atoms. The molecule has 0 amide bonds. The lowest BCUT2D eigenvalue weighted by Gasteiger charge is -2.32. The van der Waals surface area contributed by atoms with Crippen LogP contribution in [0.2, 0.25) is 0 Å². The number of aryl methyl sites for hydroxylation is 1. The van der Waals surface area contributed by atoms with Gasteiger partial charge in [0, 0.05) is 13.1 Å². The van der Waals surface area contributed by atoms with Gasteiger partial charge in [-0.3, -0.25) is 4.57 Å². The Morgan fingerprint density at radius 2 is 2.00 bits per heavy atom. The van der Waals surface area contributed by atoms with Gasteiger partial charge in [-0.05, 0) is 49.4 Å². The fraction of sp³-hybridized carbons (Fsp3) is 0.588. The van der Waals surface area contributed by atoms with E-state index in [0.717, 1.165) is 11.4 Å². The number of nitrogens with one attached hydrogen (secondary N) is 1. The van der Waals surface area contributed by atoms with Crippen molar-refractivity contribution in [2.75, 3.05) is 7.05 Å². The molecule has 1 N–H and O–H groups in total. The summed E-state index contributed by atoms with van der Waals surface area (Å²) < 4.78 is 6.87. The number of hydrogen-bond donors (Lipinski definition) is 1. The van der Waals surface area contributed by atoms with Crippen LogP contribution in [0.3, 0.4) is 0 Å². The van der Waals surface area contributed by atoms with Crippen molar-refractivity contribution < 1.29 is 4.42 Å². The molecule has 1 aromatic heterocycles. The van der Waals surface area contributed by atoms with E-state index < -0.39 is 0 Å². The van der Waals surface area contributed by atoms with Gasteiger partial charge >= 0.3 is 5.76 Å². The van der Waals surface area contributed by atoms with Gasteiger partial charge in [0.15, 0.2) is 5.58 Å². The van der Waals surface area contributed by atoms with Crippen molar-refractivity contribution in [3.63, 3.8) is 0 Å². The van der Waals surface area contributed by atoms with Crippen molar-refractivity contribution in [2.24, 2.45) is 18.9 Å². The molecule has 1 aliphatic rings. The van der Waals surface area contributed by atoms with E-state index in [2.05, 4.69) is 18.3 Å². The van der Waals surface area contributed by atoms with Gasteiger partial charge in [0.25, 0.3) is 0 Å². The predicted molar refractivity (Wildman–Crippen MR) is 84.4 cm³/mol. The second kappa shape index (κ2) is 5.68. The maximum absolute atomic E-state index is 11.6. The van der Waals surface area contributed by atoms with Gasteiger partial charge in [-0.2, -0.15) is 0 Å². The van der Waals surface area contributed by atoms with Gasteiger partial charge in [0.2, 0.25) is 0 Å². The summed E-state index contributed by atoms with van der Waals surface area (Å²) in [5.41, 5.74) is 2.76. The highest BCUT2D eigenvalue weighted by Gasteiger charge is 2.26. The topological polar surface area (TPSA) is 47.2 Å². The number of oxazole rings is 1. The average molecular weight is 288 g/mol. The zero-order valence-electron chi connectivity index (χ0n) is 13.1. The summed E-state index contributed by atoms with van der Waals surface area (Å²) in [6, 6.07) is 6.48. The van der Waals surface area contributed by atoms with E-state index in [1.165, 1.54) is 31.2 Å². The van der Waals surface area contributed by atoms with Crippen LogP contribution in [-0.4, -0.2) is 11.6 Å². The standard InChI is InChI=1S/C17H24N2O2/c1-11-4-6-12(7-5-11)16(18-2)13-8-9-14-15(10-13)21-17(20)19(14)3/h8-12,16,18H,4-7H2,1-3H3. The molecule has 0 bridgehead atoms. The van der Waals surface area contributed by atoms with Gasteiger partial charge in [0.1, 0.15) is 0 Å². The first-order valence-electron chi connectivity index (χ1n) is 7.87. The zero-order chi connectivity index (χ0) is 15.0. The largest absolute Gasteiger partial charge is 0.419 e. The highest BCUT2D eigenvalue weighted by atomic mass is 16.4. The van der Waals surface area contributed by atoms with Gasteiger partial charge in [0.05, 0.1) is 5.52 Å². The van der Waals surface area contributed by atoms with Crippen LogP contribution in [0.4, 0.5) is 0 Å². The molecule has 1 heterocycles. The monoisotopic (exact) mass is 288 g/mol. The first kappa shape index (κ1) is 14.4. The van der Waals surface area contributed by atoms with Crippen molar-refractivity contribution in [1.82, 2.24) is 9.88 Å². The molecule has 21 heavy (non-hydrogen) atoms. The molecule has 0 saturated heterocycles. The lowest BCUT2D eigenvalue weighted by atomic mass is 9.77. The number of hydrogen-bond acceptors (Lipinski definition) is 3. The predicted octanol–water partition coefficient (Wildman–Crippen LogP) is 3.22. The minimum absolute atomic E-state index is 0.297. The molecular weight excluding hydrogens is 264 g/mol. The normalized spacial score (nSPS) is 24.3. The van der Waals surface area contributed by atoms with Gasteiger partial charge in [-0.15, -0.1) is 0 Å². The van der Waals surface area contributed by atoms with Gasteiger partial charge < -0.3 is 9.73 Å². The summed E-state index contributed by atoms with van der Waals surface area (Å²) in [4.78, 5) is 11.6. The Bertz CT molecular complexity index is 678. The third-order valence-corrected chi connectivity index (χ3v) is 5.02. The number of benzene rings is 1. The Labute approximate surface area is 125 Å². The molecule has 114 valence electrons. The van der Waals surface area contributed by atoms with Crippen molar-refractivity contribution >= 4 is 11.1 Å². The maximum Gasteiger partial charge on any atom is 0.419 e. The number of rotatable bonds is 3. The number of aromatic nitrogens is 1. The van der Waals surface area contributed by atoms with Crippen LogP contribution in [0, 0.1) is 11.8 Å². The van der Waals surface area contributed by atoms with Crippen molar-refractivity contribution in [3.8, 4) is 0 Å². The maximum atomic E-state index is 11.6. The third-order valence-electron chi connectivity index (χ3n) is 5.02. The number of nitrogens with zero attached hydrogens (tertiary/aromatic N) is 1. The fourth-order valence-electron chi connectivity index (χ4n) is 3.64. The second-order valence-electron chi connectivity index (χ2n) is 6.44. The van der Waals surface area contributed by atoms with Gasteiger partial charge in [-0.25, -0.2) is 4.79 Å². The summed E-state index contributed by atoms with van der Waals surface area (Å²) in [6.07, 6.45) is 5.16. The fourth-order valence-corrected chi connectivity index (χ4v) is 3.64. The van der Waals surface area contributed by atoms with E-state index in [-0.39, 0.29) is 5.76 Å². The van der Waals surface area contributed by atoms with Crippen LogP contribution in [0.1, 0.15) is 44.2 Å². The van der Waals surface area contributed by atoms with Crippen LogP contribution in [0.5, 0.6) is 0 Å². The lowest BCUT2D eigenvalue weighted by molar-refractivity contribution is 0.238. The molecule has 1 aliphatic carbocycles. The molecule has 3 rings (SSSR count). The molecule has 2 aromatic rings. The second-order valence-corrected chi connectivity index (χ2v) is 6.44. The van der Waals surface area contributed by atoms with Crippen LogP contribution >= 0.6 is 0 Å². The first-order valence-corrected chi connectivity index (χ1v) is 7.87. The van der Waals surface area contributed by atoms with Crippen molar-refractivity contribution in [2.45, 2.75) is 38.6 Å². The Hall–Kier alpha value is -1.55. The van der Waals surface area contributed by atoms with E-state index >= 15 is 0 Å². The minimum Gasteiger partial charge on any atom is -0.408 e. The Kier molecular flexibility index (Phi) is 3.89. The molecule has 1 atom stereocenters. The summed E-state index contributed by atoms with van der Waals surface area (Å²) in [6.45, 7) is 2.34. The van der Waals surface area contributed by atoms with Crippen LogP contribution < -0.4 is 11.1 Å². The van der Waals surface area contributed by atoms with E-state index in [0.29, 0.717) is 17.5 Å². The van der Waals surface area contributed by atoms with Gasteiger partial charge in [-0.1, -0.05) is 25.8 Å². The minimum atomic E-state index is -0.297. The van der Waals surface area contributed by atoms with E-state index in [4.69, 9.17) is 4.42 Å². The molecular formula is C17H24N2O2. The lowest BCUT2D eigenvalue weighted by Crippen LogP contribution is -2.28. The number of fused-ring (bicyclic) bond motifs is 1. The quantitative estimate of drug-likeness (QED) is 0.943. The molecule has 4 nitrogen and oxygen atoms in total. The molecule has 1 saturated carbocycles. The summed E-state index contributed by atoms with van der Waals surface area (Å²) in [5, 5.41) is 3.46. The van der Waals surface area contributed by atoms with Crippen molar-refractivity contribution in [1.29, 1.82) is 0 Å². The summed E-state index contributed by atoms with van der Waals surface area (Å²) in [7, 11) is 3.76. The zero-order valence-corrected chi connectivity index (χ0v) is 13.1. The molecule has 0 radical (unpaired) electrons. The van der Waals surface area contributed by atoms with E-state index in [1.807, 2.05) is 19.2 Å². The molecule has 1 fully saturated rings. The van der Waals surface area contributed by atoms with Crippen LogP contribution in [-0.2, 0) is 7.05 Å². The summed E-state index contributed by atoms with van der Waals surface area (Å²) in [5.74, 6) is 1.22. The smallest absolute Gasteiger partial charge is 0.408 e. The van der Waals surface area contributed by atoms with E-state index in [9.17, 15) is 4.79 Å². The molecule has 0 aliphatic heterocycles. The third kappa shape index (κ3) is 2.64. The van der Waals surface area contributed by atoms with Crippen molar-refractivity contribution in [3.05, 3.63) is 34.3 Å². The first-order chi connectivity index (χ1) is 10.1. The molecule has 1 unspecified atom stereocenters. The molecule has 4 heteroatoms. The Morgan fingerprint density at radius 3 is 2.67 bits per heavy atom. The Balaban J connectivity index is 1.91.